The second kappa shape index (κ2) is 15.7. The molecule has 10 nitrogen and oxygen atoms in total. The molecule has 5 unspecified atom stereocenters. The fourth-order valence-corrected chi connectivity index (χ4v) is 9.49. The number of aliphatic hydroxyl groups is 1. The van der Waals surface area contributed by atoms with Gasteiger partial charge in [0.15, 0.2) is 0 Å². The fourth-order valence-electron chi connectivity index (χ4n) is 7.10. The van der Waals surface area contributed by atoms with Crippen molar-refractivity contribution < 1.29 is 24.4 Å². The molecule has 248 valence electrons. The van der Waals surface area contributed by atoms with Gasteiger partial charge in [0, 0.05) is 49.6 Å². The number of piperidine rings is 1. The highest BCUT2D eigenvalue weighted by molar-refractivity contribution is 14.1. The van der Waals surface area contributed by atoms with Gasteiger partial charge >= 0.3 is 6.09 Å². The first kappa shape index (κ1) is 35.0. The molecule has 46 heavy (non-hydrogen) atoms. The number of amides is 2. The molecule has 2 saturated heterocycles. The third kappa shape index (κ3) is 7.87. The number of hydrogen-bond donors (Lipinski definition) is 1. The first-order valence-electron chi connectivity index (χ1n) is 16.0. The van der Waals surface area contributed by atoms with E-state index in [9.17, 15) is 24.8 Å². The molecule has 12 heteroatoms. The summed E-state index contributed by atoms with van der Waals surface area (Å²) in [4.78, 5) is 43.5. The molecule has 3 fully saturated rings. The number of nitrogens with zero attached hydrogens (tertiary/aromatic N) is 4. The van der Waals surface area contributed by atoms with Gasteiger partial charge in [-0.25, -0.2) is 4.79 Å². The van der Waals surface area contributed by atoms with E-state index in [1.807, 2.05) is 35.2 Å². The molecule has 1 saturated carbocycles. The minimum absolute atomic E-state index is 0.0135. The number of rotatable bonds is 10. The van der Waals surface area contributed by atoms with Crippen molar-refractivity contribution in [3.63, 3.8) is 0 Å². The van der Waals surface area contributed by atoms with Crippen molar-refractivity contribution in [2.75, 3.05) is 26.2 Å². The van der Waals surface area contributed by atoms with Crippen molar-refractivity contribution in [3.05, 3.63) is 88.5 Å². The summed E-state index contributed by atoms with van der Waals surface area (Å²) >= 11 is 4.81. The lowest BCUT2D eigenvalue weighted by atomic mass is 9.83. The van der Waals surface area contributed by atoms with Crippen LogP contribution < -0.4 is 0 Å². The Morgan fingerprint density at radius 3 is 2.41 bits per heavy atom. The molecule has 5 atom stereocenters. The van der Waals surface area contributed by atoms with Crippen LogP contribution >= 0.6 is 45.2 Å². The number of carbonyl (C=O) groups is 2. The number of non-ortho nitro benzene ring substituents is 1. The molecule has 2 aromatic rings. The number of benzene rings is 2. The van der Waals surface area contributed by atoms with Gasteiger partial charge < -0.3 is 19.6 Å². The quantitative estimate of drug-likeness (QED) is 0.0713. The predicted molar refractivity (Wildman–Crippen MR) is 193 cm³/mol. The maximum absolute atomic E-state index is 13.8. The van der Waals surface area contributed by atoms with Gasteiger partial charge in [-0.2, -0.15) is 0 Å². The van der Waals surface area contributed by atoms with Crippen LogP contribution in [0.25, 0.3) is 0 Å². The number of carbonyl (C=O) groups excluding carboxylic acids is 2. The third-order valence-corrected chi connectivity index (χ3v) is 12.6. The summed E-state index contributed by atoms with van der Waals surface area (Å²) in [7, 11) is 0. The van der Waals surface area contributed by atoms with E-state index in [1.165, 1.54) is 18.6 Å². The SMILES string of the molecule is C=CCN(C(=O)OCc1ccc([N+](=O)[O-])cc1)C1CCN(CC2C(I)N(C(=O)C3CCCCC3)CC2(O)c2ccccc2)C(I)C1. The van der Waals surface area contributed by atoms with Crippen LogP contribution in [0.1, 0.15) is 56.1 Å². The standard InChI is InChI=1S/C34H42I2N4O6/c1-2-18-38(33(42)46-22-24-13-15-27(16-14-24)40(44)45)28-17-19-37(30(35)20-28)21-29-31(36)39(32(41)25-9-5-3-6-10-25)23-34(29,43)26-11-7-4-8-12-26/h2,4,7-8,11-16,25,28-31,43H,1,3,5-6,9-10,17-23H2. The van der Waals surface area contributed by atoms with Gasteiger partial charge in [-0.3, -0.25) is 19.8 Å². The number of likely N-dealkylation sites (tertiary alicyclic amines) is 2. The number of nitro groups is 1. The highest BCUT2D eigenvalue weighted by Gasteiger charge is 2.54. The molecular weight excluding hydrogens is 814 g/mol. The van der Waals surface area contributed by atoms with E-state index in [1.54, 1.807) is 23.1 Å². The van der Waals surface area contributed by atoms with Crippen LogP contribution in [0.4, 0.5) is 10.5 Å². The Bertz CT molecular complexity index is 1380. The summed E-state index contributed by atoms with van der Waals surface area (Å²) in [5.41, 5.74) is 0.334. The highest BCUT2D eigenvalue weighted by atomic mass is 127. The minimum Gasteiger partial charge on any atom is -0.445 e. The van der Waals surface area contributed by atoms with Gasteiger partial charge in [0.1, 0.15) is 12.2 Å². The Morgan fingerprint density at radius 2 is 1.78 bits per heavy atom. The molecule has 5 rings (SSSR count). The van der Waals surface area contributed by atoms with Gasteiger partial charge in [0.2, 0.25) is 5.91 Å². The van der Waals surface area contributed by atoms with E-state index in [0.29, 0.717) is 31.6 Å². The Morgan fingerprint density at radius 1 is 1.09 bits per heavy atom. The van der Waals surface area contributed by atoms with E-state index in [-0.39, 0.29) is 44.2 Å². The molecule has 0 bridgehead atoms. The molecule has 1 aliphatic carbocycles. The first-order chi connectivity index (χ1) is 22.1. The Labute approximate surface area is 297 Å². The van der Waals surface area contributed by atoms with Crippen molar-refractivity contribution in [3.8, 4) is 0 Å². The summed E-state index contributed by atoms with van der Waals surface area (Å²) in [5, 5.41) is 23.3. The van der Waals surface area contributed by atoms with Crippen LogP contribution in [0.5, 0.6) is 0 Å². The molecule has 2 amide bonds. The summed E-state index contributed by atoms with van der Waals surface area (Å²) in [6, 6.07) is 15.7. The van der Waals surface area contributed by atoms with Crippen LogP contribution in [0.2, 0.25) is 0 Å². The number of alkyl halides is 2. The van der Waals surface area contributed by atoms with Crippen molar-refractivity contribution in [2.45, 2.75) is 71.3 Å². The van der Waals surface area contributed by atoms with Crippen molar-refractivity contribution in [1.29, 1.82) is 0 Å². The Hall–Kier alpha value is -2.30. The normalized spacial score (nSPS) is 27.2. The number of β-amino-alcohol motifs (C(OH)–C–C–N with tert-alkyl or cyclic N) is 1. The van der Waals surface area contributed by atoms with Crippen LogP contribution in [-0.4, -0.2) is 77.0 Å². The van der Waals surface area contributed by atoms with Gasteiger partial charge in [0.25, 0.3) is 5.69 Å². The van der Waals surface area contributed by atoms with Gasteiger partial charge in [-0.1, -0.05) is 101 Å². The topological polar surface area (TPSA) is 116 Å². The fraction of sp³-hybridized carbons (Fsp3) is 0.529. The van der Waals surface area contributed by atoms with Crippen molar-refractivity contribution in [1.82, 2.24) is 14.7 Å². The molecule has 2 aromatic carbocycles. The van der Waals surface area contributed by atoms with E-state index < -0.39 is 16.6 Å². The second-order valence-electron chi connectivity index (χ2n) is 12.6. The van der Waals surface area contributed by atoms with Crippen LogP contribution in [-0.2, 0) is 21.7 Å². The molecule has 0 radical (unpaired) electrons. The monoisotopic (exact) mass is 856 g/mol. The Kier molecular flexibility index (Phi) is 12.0. The zero-order valence-corrected chi connectivity index (χ0v) is 30.2. The molecule has 1 N–H and O–H groups in total. The van der Waals surface area contributed by atoms with Gasteiger partial charge in [-0.05, 0) is 48.9 Å². The lowest BCUT2D eigenvalue weighted by Gasteiger charge is -2.43. The zero-order chi connectivity index (χ0) is 32.8. The van der Waals surface area contributed by atoms with E-state index in [2.05, 4.69) is 56.7 Å². The van der Waals surface area contributed by atoms with Crippen LogP contribution in [0.3, 0.4) is 0 Å². The largest absolute Gasteiger partial charge is 0.445 e. The average Bonchev–Trinajstić information content (AvgIpc) is 3.33. The third-order valence-electron chi connectivity index (χ3n) is 9.72. The number of ether oxygens (including phenoxy) is 1. The van der Waals surface area contributed by atoms with E-state index in [4.69, 9.17) is 4.74 Å². The lowest BCUT2D eigenvalue weighted by molar-refractivity contribution is -0.384. The lowest BCUT2D eigenvalue weighted by Crippen LogP contribution is -2.53. The molecule has 0 spiro atoms. The first-order valence-corrected chi connectivity index (χ1v) is 18.5. The maximum Gasteiger partial charge on any atom is 0.410 e. The molecule has 2 aliphatic heterocycles. The number of halogens is 2. The highest BCUT2D eigenvalue weighted by Crippen LogP contribution is 2.46. The minimum atomic E-state index is -1.17. The van der Waals surface area contributed by atoms with Gasteiger partial charge in [0.05, 0.1) is 19.6 Å². The van der Waals surface area contributed by atoms with Crippen molar-refractivity contribution >= 4 is 62.9 Å². The molecular formula is C34H42I2N4O6. The van der Waals surface area contributed by atoms with Crippen LogP contribution in [0.15, 0.2) is 67.3 Å². The summed E-state index contributed by atoms with van der Waals surface area (Å²) in [6.07, 6.45) is 7.90. The molecule has 3 aliphatic rings. The summed E-state index contributed by atoms with van der Waals surface area (Å²) in [5.74, 6) is 0.0228. The summed E-state index contributed by atoms with van der Waals surface area (Å²) in [6.45, 7) is 5.85. The average molecular weight is 857 g/mol. The van der Waals surface area contributed by atoms with Crippen LogP contribution in [0, 0.1) is 22.0 Å². The van der Waals surface area contributed by atoms with E-state index >= 15 is 0 Å². The second-order valence-corrected chi connectivity index (χ2v) is 15.3. The Balaban J connectivity index is 1.25. The number of nitro benzene ring substituents is 1. The molecule has 2 heterocycles. The molecule has 0 aromatic heterocycles. The predicted octanol–water partition coefficient (Wildman–Crippen LogP) is 6.63. The summed E-state index contributed by atoms with van der Waals surface area (Å²) < 4.78 is 5.57. The maximum atomic E-state index is 13.8. The smallest absolute Gasteiger partial charge is 0.410 e. The van der Waals surface area contributed by atoms with Gasteiger partial charge in [-0.15, -0.1) is 6.58 Å². The zero-order valence-electron chi connectivity index (χ0n) is 25.9. The van der Waals surface area contributed by atoms with Crippen molar-refractivity contribution in [2.24, 2.45) is 11.8 Å². The number of hydrogen-bond acceptors (Lipinski definition) is 7. The van der Waals surface area contributed by atoms with E-state index in [0.717, 1.165) is 44.2 Å².